The largest absolute Gasteiger partial charge is 0.397 e. The minimum Gasteiger partial charge on any atom is -0.397 e. The summed E-state index contributed by atoms with van der Waals surface area (Å²) >= 11 is 4.66. The molecule has 0 spiro atoms. The maximum absolute atomic E-state index is 11.9. The van der Waals surface area contributed by atoms with Crippen LogP contribution in [0.2, 0.25) is 0 Å². The molecule has 4 heteroatoms. The molecule has 76 valence electrons. The van der Waals surface area contributed by atoms with Gasteiger partial charge in [-0.25, -0.2) is 0 Å². The predicted octanol–water partition coefficient (Wildman–Crippen LogP) is 3.32. The Morgan fingerprint density at radius 3 is 2.47 bits per heavy atom. The number of nitrogen functional groups attached to an aromatic ring is 1. The van der Waals surface area contributed by atoms with Gasteiger partial charge in [0, 0.05) is 5.56 Å². The van der Waals surface area contributed by atoms with E-state index in [-0.39, 0.29) is 5.78 Å². The first-order valence-corrected chi connectivity index (χ1v) is 5.94. The summed E-state index contributed by atoms with van der Waals surface area (Å²) in [6.45, 7) is 0. The van der Waals surface area contributed by atoms with Crippen LogP contribution in [0.15, 0.2) is 40.2 Å². The molecule has 1 heterocycles. The van der Waals surface area contributed by atoms with Crippen LogP contribution in [0, 0.1) is 0 Å². The summed E-state index contributed by atoms with van der Waals surface area (Å²) < 4.78 is 0.807. The summed E-state index contributed by atoms with van der Waals surface area (Å²) in [6, 6.07) is 10.9. The van der Waals surface area contributed by atoms with E-state index in [2.05, 4.69) is 15.9 Å². The lowest BCUT2D eigenvalue weighted by Crippen LogP contribution is -1.97. The SMILES string of the molecule is Nc1cc(C(=O)c2ccccc2)sc1Br. The maximum atomic E-state index is 11.9. The molecule has 2 rings (SSSR count). The summed E-state index contributed by atoms with van der Waals surface area (Å²) in [6.07, 6.45) is 0. The molecular formula is C11H8BrNOS. The molecule has 2 nitrogen and oxygen atoms in total. The Kier molecular flexibility index (Phi) is 2.88. The lowest BCUT2D eigenvalue weighted by molar-refractivity contribution is 0.104. The summed E-state index contributed by atoms with van der Waals surface area (Å²) in [5, 5.41) is 0. The van der Waals surface area contributed by atoms with Gasteiger partial charge in [-0.15, -0.1) is 11.3 Å². The number of carbonyl (C=O) groups excluding carboxylic acids is 1. The first-order valence-electron chi connectivity index (χ1n) is 4.33. The molecule has 0 bridgehead atoms. The number of ketones is 1. The second kappa shape index (κ2) is 4.16. The molecule has 0 fully saturated rings. The highest BCUT2D eigenvalue weighted by Crippen LogP contribution is 2.31. The van der Waals surface area contributed by atoms with Gasteiger partial charge in [0.1, 0.15) is 0 Å². The van der Waals surface area contributed by atoms with Crippen molar-refractivity contribution in [3.05, 3.63) is 50.6 Å². The van der Waals surface area contributed by atoms with Gasteiger partial charge in [0.2, 0.25) is 5.78 Å². The van der Waals surface area contributed by atoms with Crippen molar-refractivity contribution in [2.75, 3.05) is 5.73 Å². The van der Waals surface area contributed by atoms with Gasteiger partial charge in [-0.3, -0.25) is 4.79 Å². The Balaban J connectivity index is 2.37. The van der Waals surface area contributed by atoms with Crippen LogP contribution < -0.4 is 5.73 Å². The second-order valence-corrected chi connectivity index (χ2v) is 5.40. The molecule has 1 aromatic carbocycles. The van der Waals surface area contributed by atoms with E-state index < -0.39 is 0 Å². The fourth-order valence-electron chi connectivity index (χ4n) is 1.23. The van der Waals surface area contributed by atoms with Gasteiger partial charge in [0.05, 0.1) is 14.4 Å². The van der Waals surface area contributed by atoms with E-state index in [1.807, 2.05) is 18.2 Å². The van der Waals surface area contributed by atoms with E-state index in [1.54, 1.807) is 18.2 Å². The van der Waals surface area contributed by atoms with Crippen LogP contribution in [0.4, 0.5) is 5.69 Å². The Morgan fingerprint density at radius 2 is 1.93 bits per heavy atom. The summed E-state index contributed by atoms with van der Waals surface area (Å²) in [7, 11) is 0. The molecule has 1 aromatic heterocycles. The van der Waals surface area contributed by atoms with E-state index in [1.165, 1.54) is 11.3 Å². The minimum atomic E-state index is 0.0120. The normalized spacial score (nSPS) is 10.2. The average Bonchev–Trinajstić information content (AvgIpc) is 2.59. The molecule has 0 aliphatic heterocycles. The minimum absolute atomic E-state index is 0.0120. The zero-order chi connectivity index (χ0) is 10.8. The number of hydrogen-bond donors (Lipinski definition) is 1. The number of carbonyl (C=O) groups is 1. The van der Waals surface area contributed by atoms with Crippen molar-refractivity contribution in [3.8, 4) is 0 Å². The number of anilines is 1. The molecule has 15 heavy (non-hydrogen) atoms. The molecule has 0 amide bonds. The topological polar surface area (TPSA) is 43.1 Å². The Morgan fingerprint density at radius 1 is 1.27 bits per heavy atom. The van der Waals surface area contributed by atoms with Crippen LogP contribution in [-0.2, 0) is 0 Å². The highest BCUT2D eigenvalue weighted by Gasteiger charge is 2.13. The number of benzene rings is 1. The smallest absolute Gasteiger partial charge is 0.203 e. The molecule has 0 atom stereocenters. The Bertz CT molecular complexity index is 473. The van der Waals surface area contributed by atoms with Crippen molar-refractivity contribution in [1.29, 1.82) is 0 Å². The number of thiophene rings is 1. The van der Waals surface area contributed by atoms with Crippen molar-refractivity contribution in [3.63, 3.8) is 0 Å². The Labute approximate surface area is 99.9 Å². The van der Waals surface area contributed by atoms with Gasteiger partial charge in [-0.2, -0.15) is 0 Å². The third-order valence-electron chi connectivity index (χ3n) is 1.97. The van der Waals surface area contributed by atoms with Crippen LogP contribution in [0.3, 0.4) is 0 Å². The van der Waals surface area contributed by atoms with Crippen molar-refractivity contribution in [2.45, 2.75) is 0 Å². The maximum Gasteiger partial charge on any atom is 0.203 e. The van der Waals surface area contributed by atoms with E-state index >= 15 is 0 Å². The quantitative estimate of drug-likeness (QED) is 0.858. The summed E-state index contributed by atoms with van der Waals surface area (Å²) in [4.78, 5) is 12.6. The average molecular weight is 282 g/mol. The zero-order valence-corrected chi connectivity index (χ0v) is 10.1. The van der Waals surface area contributed by atoms with Gasteiger partial charge < -0.3 is 5.73 Å². The van der Waals surface area contributed by atoms with Crippen molar-refractivity contribution < 1.29 is 4.79 Å². The number of nitrogens with two attached hydrogens (primary N) is 1. The highest BCUT2D eigenvalue weighted by atomic mass is 79.9. The van der Waals surface area contributed by atoms with Gasteiger partial charge in [0.25, 0.3) is 0 Å². The molecule has 2 aromatic rings. The van der Waals surface area contributed by atoms with Crippen LogP contribution in [0.5, 0.6) is 0 Å². The molecule has 2 N–H and O–H groups in total. The van der Waals surface area contributed by atoms with Crippen molar-refractivity contribution in [1.82, 2.24) is 0 Å². The third kappa shape index (κ3) is 2.11. The molecule has 0 radical (unpaired) electrons. The lowest BCUT2D eigenvalue weighted by Gasteiger charge is -1.95. The van der Waals surface area contributed by atoms with Crippen LogP contribution in [0.25, 0.3) is 0 Å². The van der Waals surface area contributed by atoms with Crippen molar-refractivity contribution in [2.24, 2.45) is 0 Å². The zero-order valence-electron chi connectivity index (χ0n) is 7.74. The molecule has 0 aliphatic rings. The van der Waals surface area contributed by atoms with E-state index in [0.29, 0.717) is 16.1 Å². The first-order chi connectivity index (χ1) is 7.18. The molecule has 0 unspecified atom stereocenters. The molecule has 0 aliphatic carbocycles. The molecule has 0 saturated heterocycles. The van der Waals surface area contributed by atoms with Crippen LogP contribution in [0.1, 0.15) is 15.2 Å². The fraction of sp³-hybridized carbons (Fsp3) is 0. The second-order valence-electron chi connectivity index (χ2n) is 3.03. The fourth-order valence-corrected chi connectivity index (χ4v) is 2.63. The number of halogens is 1. The monoisotopic (exact) mass is 281 g/mol. The van der Waals surface area contributed by atoms with E-state index in [9.17, 15) is 4.79 Å². The summed E-state index contributed by atoms with van der Waals surface area (Å²) in [5.74, 6) is 0.0120. The molecular weight excluding hydrogens is 274 g/mol. The van der Waals surface area contributed by atoms with Crippen LogP contribution >= 0.6 is 27.3 Å². The van der Waals surface area contributed by atoms with E-state index in [0.717, 1.165) is 3.79 Å². The number of rotatable bonds is 2. The van der Waals surface area contributed by atoms with E-state index in [4.69, 9.17) is 5.73 Å². The predicted molar refractivity (Wildman–Crippen MR) is 66.3 cm³/mol. The third-order valence-corrected chi connectivity index (χ3v) is 3.85. The van der Waals surface area contributed by atoms with Gasteiger partial charge >= 0.3 is 0 Å². The first kappa shape index (κ1) is 10.4. The van der Waals surface area contributed by atoms with Crippen molar-refractivity contribution >= 4 is 38.7 Å². The van der Waals surface area contributed by atoms with Gasteiger partial charge in [-0.1, -0.05) is 30.3 Å². The Hall–Kier alpha value is -1.13. The van der Waals surface area contributed by atoms with Gasteiger partial charge in [0.15, 0.2) is 0 Å². The van der Waals surface area contributed by atoms with Crippen LogP contribution in [-0.4, -0.2) is 5.78 Å². The lowest BCUT2D eigenvalue weighted by atomic mass is 10.1. The standard InChI is InChI=1S/C11H8BrNOS/c12-11-8(13)6-9(15-11)10(14)7-4-2-1-3-5-7/h1-6H,13H2. The summed E-state index contributed by atoms with van der Waals surface area (Å²) in [5.41, 5.74) is 6.96. The molecule has 0 saturated carbocycles. The van der Waals surface area contributed by atoms with Gasteiger partial charge in [-0.05, 0) is 22.0 Å². The number of hydrogen-bond acceptors (Lipinski definition) is 3. The highest BCUT2D eigenvalue weighted by molar-refractivity contribution is 9.11.